The number of fused-ring (bicyclic) bond motifs is 1. The summed E-state index contributed by atoms with van der Waals surface area (Å²) in [6, 6.07) is 2.38. The van der Waals surface area contributed by atoms with Crippen molar-refractivity contribution >= 4 is 28.7 Å². The maximum Gasteiger partial charge on any atom is 0.209 e. The Morgan fingerprint density at radius 2 is 2.00 bits per heavy atom. The Bertz CT molecular complexity index is 864. The third kappa shape index (κ3) is 4.34. The van der Waals surface area contributed by atoms with Crippen LogP contribution < -0.4 is 15.5 Å². The number of anilines is 2. The Labute approximate surface area is 189 Å². The molecule has 8 heteroatoms. The molecular formula is C23H32ClN5O2. The number of rotatable bonds is 4. The average Bonchev–Trinajstić information content (AvgIpc) is 3.08. The van der Waals surface area contributed by atoms with Crippen molar-refractivity contribution in [3.05, 3.63) is 35.0 Å². The molecule has 1 aromatic rings. The molecule has 0 spiro atoms. The molecule has 0 bridgehead atoms. The van der Waals surface area contributed by atoms with Gasteiger partial charge in [-0.15, -0.1) is 0 Å². The Balaban J connectivity index is 1.32. The van der Waals surface area contributed by atoms with Crippen molar-refractivity contribution in [1.82, 2.24) is 15.2 Å². The van der Waals surface area contributed by atoms with Crippen LogP contribution in [0.2, 0.25) is 5.02 Å². The summed E-state index contributed by atoms with van der Waals surface area (Å²) >= 11 is 6.69. The van der Waals surface area contributed by atoms with Gasteiger partial charge < -0.3 is 25.0 Å². The number of nitrogens with zero attached hydrogens (tertiary/aromatic N) is 3. The topological polar surface area (TPSA) is 61.9 Å². The number of ether oxygens (including phenoxy) is 2. The van der Waals surface area contributed by atoms with Crippen molar-refractivity contribution in [2.45, 2.75) is 38.3 Å². The summed E-state index contributed by atoms with van der Waals surface area (Å²) in [7, 11) is 2.03. The highest BCUT2D eigenvalue weighted by molar-refractivity contribution is 6.32. The van der Waals surface area contributed by atoms with Crippen LogP contribution in [0, 0.1) is 5.92 Å². The van der Waals surface area contributed by atoms with Gasteiger partial charge in [0.25, 0.3) is 0 Å². The van der Waals surface area contributed by atoms with Crippen LogP contribution >= 0.6 is 11.6 Å². The molecule has 1 aromatic heterocycles. The smallest absolute Gasteiger partial charge is 0.209 e. The van der Waals surface area contributed by atoms with E-state index in [9.17, 15) is 0 Å². The highest BCUT2D eigenvalue weighted by atomic mass is 35.5. The molecule has 3 aliphatic heterocycles. The van der Waals surface area contributed by atoms with Gasteiger partial charge in [0.15, 0.2) is 5.82 Å². The first-order valence-corrected chi connectivity index (χ1v) is 11.8. The molecule has 4 aliphatic rings. The fourth-order valence-electron chi connectivity index (χ4n) is 4.94. The molecule has 4 heterocycles. The van der Waals surface area contributed by atoms with Crippen LogP contribution in [0.15, 0.2) is 24.3 Å². The van der Waals surface area contributed by atoms with Gasteiger partial charge in [0.05, 0.1) is 35.7 Å². The molecule has 3 unspecified atom stereocenters. The predicted molar refractivity (Wildman–Crippen MR) is 124 cm³/mol. The summed E-state index contributed by atoms with van der Waals surface area (Å²) < 4.78 is 11.8. The van der Waals surface area contributed by atoms with Crippen LogP contribution in [0.1, 0.15) is 25.5 Å². The maximum atomic E-state index is 6.69. The molecule has 0 amide bonds. The van der Waals surface area contributed by atoms with E-state index in [0.717, 1.165) is 75.0 Å². The van der Waals surface area contributed by atoms with E-state index in [2.05, 4.69) is 45.6 Å². The normalized spacial score (nSPS) is 29.6. The summed E-state index contributed by atoms with van der Waals surface area (Å²) in [5.74, 6) is 1.27. The number of hydrogen-bond donors (Lipinski definition) is 2. The summed E-state index contributed by atoms with van der Waals surface area (Å²) in [5, 5.41) is 7.48. The zero-order valence-electron chi connectivity index (χ0n) is 18.3. The fraction of sp³-hybridized carbons (Fsp3) is 0.609. The van der Waals surface area contributed by atoms with Crippen molar-refractivity contribution in [3.8, 4) is 0 Å². The molecule has 31 heavy (non-hydrogen) atoms. The van der Waals surface area contributed by atoms with Crippen molar-refractivity contribution in [2.75, 3.05) is 56.7 Å². The van der Waals surface area contributed by atoms with Gasteiger partial charge in [0.2, 0.25) is 6.35 Å². The summed E-state index contributed by atoms with van der Waals surface area (Å²) in [6.07, 6.45) is 8.87. The minimum absolute atomic E-state index is 0.211. The van der Waals surface area contributed by atoms with Gasteiger partial charge in [0.1, 0.15) is 0 Å². The number of piperidine rings is 1. The summed E-state index contributed by atoms with van der Waals surface area (Å²) in [6.45, 7) is 7.86. The van der Waals surface area contributed by atoms with Crippen molar-refractivity contribution in [1.29, 1.82) is 0 Å². The standard InChI is InChI=1S/C23H32ClN5O2/c1-15-13-16(3-4-20(15)29-9-11-30-12-10-29)21-18(24)14-19-22(27-21)28(2)23(26-19)31-17-5-7-25-8-6-17/h3-4,13-15,17,20,23,25-26H,5-12H2,1-2H3. The molecule has 2 N–H and O–H groups in total. The molecular weight excluding hydrogens is 414 g/mol. The third-order valence-electron chi connectivity index (χ3n) is 6.72. The van der Waals surface area contributed by atoms with Crippen LogP contribution in [0.3, 0.4) is 0 Å². The summed E-state index contributed by atoms with van der Waals surface area (Å²) in [5.41, 5.74) is 2.84. The lowest BCUT2D eigenvalue weighted by Gasteiger charge is -2.37. The Hall–Kier alpha value is -1.64. The van der Waals surface area contributed by atoms with Crippen LogP contribution in [0.25, 0.3) is 5.57 Å². The Morgan fingerprint density at radius 1 is 1.23 bits per heavy atom. The van der Waals surface area contributed by atoms with Crippen LogP contribution in [0.4, 0.5) is 11.5 Å². The van der Waals surface area contributed by atoms with Gasteiger partial charge in [-0.05, 0) is 43.5 Å². The van der Waals surface area contributed by atoms with Crippen molar-refractivity contribution < 1.29 is 9.47 Å². The molecule has 7 nitrogen and oxygen atoms in total. The van der Waals surface area contributed by atoms with E-state index in [1.165, 1.54) is 0 Å². The van der Waals surface area contributed by atoms with E-state index in [4.69, 9.17) is 26.1 Å². The molecule has 2 fully saturated rings. The Kier molecular flexibility index (Phi) is 6.21. The van der Waals surface area contributed by atoms with E-state index >= 15 is 0 Å². The molecule has 0 saturated carbocycles. The molecule has 0 radical (unpaired) electrons. The quantitative estimate of drug-likeness (QED) is 0.738. The number of aromatic nitrogens is 1. The molecule has 5 rings (SSSR count). The second kappa shape index (κ2) is 9.08. The Morgan fingerprint density at radius 3 is 2.74 bits per heavy atom. The summed E-state index contributed by atoms with van der Waals surface area (Å²) in [4.78, 5) is 9.53. The predicted octanol–water partition coefficient (Wildman–Crippen LogP) is 2.94. The van der Waals surface area contributed by atoms with Crippen LogP contribution in [0.5, 0.6) is 0 Å². The average molecular weight is 446 g/mol. The second-order valence-electron chi connectivity index (χ2n) is 8.86. The molecule has 0 aromatic carbocycles. The lowest BCUT2D eigenvalue weighted by Crippen LogP contribution is -2.45. The fourth-order valence-corrected chi connectivity index (χ4v) is 5.20. The second-order valence-corrected chi connectivity index (χ2v) is 9.27. The molecule has 1 aliphatic carbocycles. The molecule has 3 atom stereocenters. The number of nitrogens with one attached hydrogen (secondary N) is 2. The largest absolute Gasteiger partial charge is 0.379 e. The van der Waals surface area contributed by atoms with Crippen molar-refractivity contribution in [3.63, 3.8) is 0 Å². The van der Waals surface area contributed by atoms with Gasteiger partial charge >= 0.3 is 0 Å². The lowest BCUT2D eigenvalue weighted by atomic mass is 9.90. The number of pyridine rings is 1. The maximum absolute atomic E-state index is 6.69. The highest BCUT2D eigenvalue weighted by Crippen LogP contribution is 2.39. The lowest BCUT2D eigenvalue weighted by molar-refractivity contribution is -0.00904. The number of allylic oxidation sites excluding steroid dienone is 2. The molecule has 168 valence electrons. The van der Waals surface area contributed by atoms with Crippen molar-refractivity contribution in [2.24, 2.45) is 5.92 Å². The zero-order valence-corrected chi connectivity index (χ0v) is 19.1. The van der Waals surface area contributed by atoms with Gasteiger partial charge in [0, 0.05) is 26.2 Å². The first-order valence-electron chi connectivity index (χ1n) is 11.4. The first kappa shape index (κ1) is 21.2. The monoisotopic (exact) mass is 445 g/mol. The highest BCUT2D eigenvalue weighted by Gasteiger charge is 2.32. The van der Waals surface area contributed by atoms with E-state index in [1.807, 2.05) is 13.1 Å². The third-order valence-corrected chi connectivity index (χ3v) is 7.01. The van der Waals surface area contributed by atoms with E-state index in [0.29, 0.717) is 17.0 Å². The van der Waals surface area contributed by atoms with Crippen LogP contribution in [-0.2, 0) is 9.47 Å². The molecule has 2 saturated heterocycles. The van der Waals surface area contributed by atoms with Gasteiger partial charge in [-0.3, -0.25) is 4.90 Å². The minimum Gasteiger partial charge on any atom is -0.379 e. The van der Waals surface area contributed by atoms with E-state index in [-0.39, 0.29) is 12.5 Å². The zero-order chi connectivity index (χ0) is 21.4. The van der Waals surface area contributed by atoms with E-state index < -0.39 is 0 Å². The number of morpholine rings is 1. The van der Waals surface area contributed by atoms with Gasteiger partial charge in [-0.25, -0.2) is 4.98 Å². The van der Waals surface area contributed by atoms with Gasteiger partial charge in [-0.2, -0.15) is 0 Å². The number of halogens is 1. The first-order chi connectivity index (χ1) is 15.1. The SMILES string of the molecule is CC1C=C(c2nc3c(cc2Cl)NC(OC2CCNCC2)N3C)C=CC1N1CCOCC1. The minimum atomic E-state index is -0.211. The number of hydrogen-bond acceptors (Lipinski definition) is 7. The van der Waals surface area contributed by atoms with Crippen LogP contribution in [-0.4, -0.2) is 74.8 Å². The van der Waals surface area contributed by atoms with E-state index in [1.54, 1.807) is 0 Å². The van der Waals surface area contributed by atoms with Gasteiger partial charge in [-0.1, -0.05) is 36.8 Å².